The molecule has 2 aromatic rings. The van der Waals surface area contributed by atoms with Gasteiger partial charge in [-0.05, 0) is 30.5 Å². The van der Waals surface area contributed by atoms with Crippen molar-refractivity contribution in [2.24, 2.45) is 5.92 Å². The molecule has 1 saturated heterocycles. The highest BCUT2D eigenvalue weighted by Gasteiger charge is 2.34. The predicted octanol–water partition coefficient (Wildman–Crippen LogP) is 2.19. The molecule has 1 aliphatic heterocycles. The van der Waals surface area contributed by atoms with E-state index >= 15 is 0 Å². The molecule has 1 amide bonds. The molecule has 0 atom stereocenters. The van der Waals surface area contributed by atoms with Gasteiger partial charge < -0.3 is 10.1 Å². The van der Waals surface area contributed by atoms with Gasteiger partial charge in [0.05, 0.1) is 17.6 Å². The Labute approximate surface area is 170 Å². The summed E-state index contributed by atoms with van der Waals surface area (Å²) in [4.78, 5) is 24.3. The fraction of sp³-hybridized carbons (Fsp3) is 0.333. The maximum absolute atomic E-state index is 13.0. The maximum atomic E-state index is 13.0. The molecular weight excluding hydrogens is 392 g/mol. The molecule has 8 heteroatoms. The first-order valence-electron chi connectivity index (χ1n) is 9.42. The number of carbonyl (C=O) groups excluding carboxylic acids is 2. The molecule has 7 nitrogen and oxygen atoms in total. The predicted molar refractivity (Wildman–Crippen MR) is 108 cm³/mol. The smallest absolute Gasteiger partial charge is 0.339 e. The maximum Gasteiger partial charge on any atom is 0.339 e. The lowest BCUT2D eigenvalue weighted by molar-refractivity contribution is -0.126. The molecule has 0 bridgehead atoms. The number of ether oxygens (including phenoxy) is 1. The number of esters is 1. The van der Waals surface area contributed by atoms with Crippen LogP contribution in [0.3, 0.4) is 0 Å². The quantitative estimate of drug-likeness (QED) is 0.729. The zero-order chi connectivity index (χ0) is 20.9. The van der Waals surface area contributed by atoms with Crippen LogP contribution in [0.25, 0.3) is 0 Å². The van der Waals surface area contributed by atoms with Gasteiger partial charge in [-0.3, -0.25) is 4.79 Å². The average Bonchev–Trinajstić information content (AvgIpc) is 2.77. The number of rotatable bonds is 6. The van der Waals surface area contributed by atoms with Gasteiger partial charge in [-0.2, -0.15) is 4.31 Å². The Morgan fingerprint density at radius 2 is 1.66 bits per heavy atom. The monoisotopic (exact) mass is 416 g/mol. The third-order valence-corrected chi connectivity index (χ3v) is 7.00. The number of hydrogen-bond acceptors (Lipinski definition) is 5. The first-order chi connectivity index (χ1) is 13.9. The Kier molecular flexibility index (Phi) is 6.66. The van der Waals surface area contributed by atoms with Gasteiger partial charge in [-0.15, -0.1) is 0 Å². The summed E-state index contributed by atoms with van der Waals surface area (Å²) in [6.45, 7) is 0.896. The molecular formula is C21H24N2O5S. The van der Waals surface area contributed by atoms with E-state index in [1.165, 1.54) is 23.5 Å². The van der Waals surface area contributed by atoms with E-state index in [9.17, 15) is 18.0 Å². The first-order valence-corrected chi connectivity index (χ1v) is 10.9. The normalized spacial score (nSPS) is 15.6. The summed E-state index contributed by atoms with van der Waals surface area (Å²) in [5.74, 6) is -0.999. The minimum atomic E-state index is -3.85. The van der Waals surface area contributed by atoms with E-state index in [-0.39, 0.29) is 35.4 Å². The molecule has 0 aromatic heterocycles. The Balaban J connectivity index is 1.63. The zero-order valence-corrected chi connectivity index (χ0v) is 17.0. The van der Waals surface area contributed by atoms with Gasteiger partial charge in [-0.1, -0.05) is 42.5 Å². The molecule has 0 radical (unpaired) electrons. The minimum absolute atomic E-state index is 0.0118. The Hall–Kier alpha value is -2.71. The van der Waals surface area contributed by atoms with Gasteiger partial charge in [0.2, 0.25) is 15.9 Å². The van der Waals surface area contributed by atoms with E-state index in [0.29, 0.717) is 19.4 Å². The summed E-state index contributed by atoms with van der Waals surface area (Å²) in [5, 5.41) is 2.92. The Morgan fingerprint density at radius 3 is 2.31 bits per heavy atom. The van der Waals surface area contributed by atoms with Gasteiger partial charge in [0.25, 0.3) is 0 Å². The average molecular weight is 416 g/mol. The van der Waals surface area contributed by atoms with Crippen molar-refractivity contribution >= 4 is 21.9 Å². The van der Waals surface area contributed by atoms with Crippen LogP contribution in [0.2, 0.25) is 0 Å². The second kappa shape index (κ2) is 9.19. The second-order valence-corrected chi connectivity index (χ2v) is 8.78. The van der Waals surface area contributed by atoms with Crippen LogP contribution in [-0.4, -0.2) is 44.8 Å². The molecule has 1 heterocycles. The third kappa shape index (κ3) is 4.83. The van der Waals surface area contributed by atoms with Gasteiger partial charge in [0.1, 0.15) is 0 Å². The summed E-state index contributed by atoms with van der Waals surface area (Å²) in [6, 6.07) is 15.6. The number of piperidine rings is 1. The van der Waals surface area contributed by atoms with E-state index in [4.69, 9.17) is 4.74 Å². The summed E-state index contributed by atoms with van der Waals surface area (Å²) < 4.78 is 32.1. The standard InChI is InChI=1S/C21H24N2O5S/c1-28-21(25)18-9-5-6-10-19(18)29(26,27)23-13-11-17(12-14-23)20(24)22-15-16-7-3-2-4-8-16/h2-10,17H,11-15H2,1H3,(H,22,24). The highest BCUT2D eigenvalue weighted by atomic mass is 32.2. The number of benzene rings is 2. The lowest BCUT2D eigenvalue weighted by atomic mass is 9.97. The number of hydrogen-bond donors (Lipinski definition) is 1. The highest BCUT2D eigenvalue weighted by molar-refractivity contribution is 7.89. The number of carbonyl (C=O) groups is 2. The van der Waals surface area contributed by atoms with Crippen LogP contribution in [-0.2, 0) is 26.1 Å². The topological polar surface area (TPSA) is 92.8 Å². The summed E-state index contributed by atoms with van der Waals surface area (Å²) in [5.41, 5.74) is 1.03. The molecule has 1 N–H and O–H groups in total. The van der Waals surface area contributed by atoms with Crippen molar-refractivity contribution in [2.75, 3.05) is 20.2 Å². The van der Waals surface area contributed by atoms with E-state index in [2.05, 4.69) is 5.32 Å². The van der Waals surface area contributed by atoms with E-state index in [1.54, 1.807) is 12.1 Å². The second-order valence-electron chi connectivity index (χ2n) is 6.87. The number of nitrogens with one attached hydrogen (secondary N) is 1. The van der Waals surface area contributed by atoms with Crippen molar-refractivity contribution in [3.8, 4) is 0 Å². The van der Waals surface area contributed by atoms with Crippen molar-refractivity contribution in [3.05, 3.63) is 65.7 Å². The van der Waals surface area contributed by atoms with E-state index in [1.807, 2.05) is 30.3 Å². The van der Waals surface area contributed by atoms with Crippen molar-refractivity contribution in [1.29, 1.82) is 0 Å². The number of sulfonamides is 1. The summed E-state index contributed by atoms with van der Waals surface area (Å²) in [6.07, 6.45) is 0.862. The highest BCUT2D eigenvalue weighted by Crippen LogP contribution is 2.26. The minimum Gasteiger partial charge on any atom is -0.465 e. The van der Waals surface area contributed by atoms with Gasteiger partial charge in [0.15, 0.2) is 0 Å². The van der Waals surface area contributed by atoms with E-state index in [0.717, 1.165) is 5.56 Å². The largest absolute Gasteiger partial charge is 0.465 e. The number of nitrogens with zero attached hydrogens (tertiary/aromatic N) is 1. The molecule has 0 unspecified atom stereocenters. The van der Waals surface area contributed by atoms with Crippen LogP contribution < -0.4 is 5.32 Å². The van der Waals surface area contributed by atoms with Crippen LogP contribution in [0.5, 0.6) is 0 Å². The van der Waals surface area contributed by atoms with Gasteiger partial charge in [0, 0.05) is 25.6 Å². The van der Waals surface area contributed by atoms with Crippen LogP contribution in [0.4, 0.5) is 0 Å². The van der Waals surface area contributed by atoms with Crippen molar-refractivity contribution < 1.29 is 22.7 Å². The van der Waals surface area contributed by atoms with Crippen LogP contribution >= 0.6 is 0 Å². The van der Waals surface area contributed by atoms with Gasteiger partial charge >= 0.3 is 5.97 Å². The van der Waals surface area contributed by atoms with Crippen LogP contribution in [0.15, 0.2) is 59.5 Å². The fourth-order valence-corrected chi connectivity index (χ4v) is 5.05. The summed E-state index contributed by atoms with van der Waals surface area (Å²) in [7, 11) is -2.64. The zero-order valence-electron chi connectivity index (χ0n) is 16.2. The molecule has 1 aliphatic rings. The molecule has 0 aliphatic carbocycles. The number of amides is 1. The molecule has 0 saturated carbocycles. The van der Waals surface area contributed by atoms with Crippen molar-refractivity contribution in [1.82, 2.24) is 9.62 Å². The molecule has 3 rings (SSSR count). The van der Waals surface area contributed by atoms with Crippen LogP contribution in [0, 0.1) is 5.92 Å². The molecule has 0 spiro atoms. The SMILES string of the molecule is COC(=O)c1ccccc1S(=O)(=O)N1CCC(C(=O)NCc2ccccc2)CC1. The lowest BCUT2D eigenvalue weighted by Gasteiger charge is -2.31. The van der Waals surface area contributed by atoms with Crippen LogP contribution in [0.1, 0.15) is 28.8 Å². The van der Waals surface area contributed by atoms with Crippen molar-refractivity contribution in [3.63, 3.8) is 0 Å². The summed E-state index contributed by atoms with van der Waals surface area (Å²) >= 11 is 0. The number of methoxy groups -OCH3 is 1. The first kappa shape index (κ1) is 21.0. The molecule has 154 valence electrons. The Bertz CT molecular complexity index is 968. The lowest BCUT2D eigenvalue weighted by Crippen LogP contribution is -2.43. The molecule has 2 aromatic carbocycles. The molecule has 1 fully saturated rings. The fourth-order valence-electron chi connectivity index (χ4n) is 3.40. The van der Waals surface area contributed by atoms with Crippen molar-refractivity contribution in [2.45, 2.75) is 24.3 Å². The van der Waals surface area contributed by atoms with E-state index < -0.39 is 16.0 Å². The third-order valence-electron chi connectivity index (χ3n) is 5.04. The Morgan fingerprint density at radius 1 is 1.03 bits per heavy atom. The van der Waals surface area contributed by atoms with Gasteiger partial charge in [-0.25, -0.2) is 13.2 Å². The molecule has 29 heavy (non-hydrogen) atoms.